The summed E-state index contributed by atoms with van der Waals surface area (Å²) in [5.74, 6) is -0.146. The fourth-order valence-electron chi connectivity index (χ4n) is 1.55. The molecule has 0 aliphatic heterocycles. The van der Waals surface area contributed by atoms with Crippen molar-refractivity contribution in [2.75, 3.05) is 0 Å². The predicted molar refractivity (Wildman–Crippen MR) is 57.7 cm³/mol. The summed E-state index contributed by atoms with van der Waals surface area (Å²) in [6.07, 6.45) is 7.24. The molecular formula is C13H18F. The van der Waals surface area contributed by atoms with Crippen LogP contribution < -0.4 is 0 Å². The van der Waals surface area contributed by atoms with Gasteiger partial charge in [-0.1, -0.05) is 38.7 Å². The van der Waals surface area contributed by atoms with Gasteiger partial charge in [-0.05, 0) is 36.6 Å². The molecular weight excluding hydrogens is 175 g/mol. The van der Waals surface area contributed by atoms with Crippen LogP contribution in [-0.4, -0.2) is 0 Å². The summed E-state index contributed by atoms with van der Waals surface area (Å²) in [5, 5.41) is 0. The van der Waals surface area contributed by atoms with Gasteiger partial charge in [-0.25, -0.2) is 4.39 Å². The van der Waals surface area contributed by atoms with Gasteiger partial charge in [-0.2, -0.15) is 0 Å². The topological polar surface area (TPSA) is 0 Å². The van der Waals surface area contributed by atoms with E-state index in [1.165, 1.54) is 31.7 Å². The van der Waals surface area contributed by atoms with E-state index >= 15 is 0 Å². The summed E-state index contributed by atoms with van der Waals surface area (Å²) in [4.78, 5) is 0. The van der Waals surface area contributed by atoms with Gasteiger partial charge in [0.25, 0.3) is 0 Å². The van der Waals surface area contributed by atoms with Crippen molar-refractivity contribution in [2.45, 2.75) is 45.4 Å². The minimum atomic E-state index is -0.146. The second-order valence-electron chi connectivity index (χ2n) is 3.70. The molecule has 0 heterocycles. The molecule has 0 nitrogen and oxygen atoms in total. The van der Waals surface area contributed by atoms with Crippen LogP contribution in [-0.2, 0) is 6.42 Å². The first kappa shape index (κ1) is 11.2. The van der Waals surface area contributed by atoms with Gasteiger partial charge in [0.05, 0.1) is 0 Å². The van der Waals surface area contributed by atoms with Crippen LogP contribution in [0, 0.1) is 11.9 Å². The van der Waals surface area contributed by atoms with Gasteiger partial charge in [0.2, 0.25) is 0 Å². The van der Waals surface area contributed by atoms with E-state index in [-0.39, 0.29) is 5.82 Å². The largest absolute Gasteiger partial charge is 0.207 e. The average molecular weight is 193 g/mol. The Kier molecular flexibility index (Phi) is 5.28. The van der Waals surface area contributed by atoms with Crippen molar-refractivity contribution in [2.24, 2.45) is 0 Å². The molecule has 0 N–H and O–H groups in total. The van der Waals surface area contributed by atoms with Crippen LogP contribution in [0.3, 0.4) is 0 Å². The highest BCUT2D eigenvalue weighted by Crippen LogP contribution is 2.09. The predicted octanol–water partition coefficient (Wildman–Crippen LogP) is 4.14. The molecule has 1 aromatic carbocycles. The van der Waals surface area contributed by atoms with E-state index in [0.29, 0.717) is 0 Å². The zero-order valence-electron chi connectivity index (χ0n) is 8.85. The molecule has 14 heavy (non-hydrogen) atoms. The number of rotatable bonds is 6. The van der Waals surface area contributed by atoms with Crippen LogP contribution in [0.15, 0.2) is 18.2 Å². The normalized spacial score (nSPS) is 10.4. The Morgan fingerprint density at radius 3 is 2.71 bits per heavy atom. The van der Waals surface area contributed by atoms with Crippen molar-refractivity contribution < 1.29 is 4.39 Å². The molecule has 0 amide bonds. The summed E-state index contributed by atoms with van der Waals surface area (Å²) >= 11 is 0. The van der Waals surface area contributed by atoms with Gasteiger partial charge in [-0.15, -0.1) is 0 Å². The minimum Gasteiger partial charge on any atom is -0.207 e. The lowest BCUT2D eigenvalue weighted by Gasteiger charge is -2.00. The van der Waals surface area contributed by atoms with Crippen molar-refractivity contribution in [3.05, 3.63) is 35.6 Å². The van der Waals surface area contributed by atoms with Crippen LogP contribution in [0.1, 0.15) is 44.6 Å². The highest BCUT2D eigenvalue weighted by Gasteiger charge is 1.95. The molecule has 0 aliphatic rings. The van der Waals surface area contributed by atoms with E-state index in [9.17, 15) is 4.39 Å². The van der Waals surface area contributed by atoms with Crippen LogP contribution in [0.2, 0.25) is 0 Å². The van der Waals surface area contributed by atoms with Crippen LogP contribution >= 0.6 is 0 Å². The van der Waals surface area contributed by atoms with Crippen LogP contribution in [0.5, 0.6) is 0 Å². The number of aryl methyl sites for hydroxylation is 1. The summed E-state index contributed by atoms with van der Waals surface area (Å²) in [7, 11) is 0. The number of benzene rings is 1. The molecule has 0 bridgehead atoms. The zero-order valence-corrected chi connectivity index (χ0v) is 8.85. The Morgan fingerprint density at radius 2 is 2.00 bits per heavy atom. The molecule has 77 valence electrons. The lowest BCUT2D eigenvalue weighted by Crippen LogP contribution is -1.87. The van der Waals surface area contributed by atoms with Gasteiger partial charge in [0, 0.05) is 0 Å². The molecule has 0 atom stereocenters. The van der Waals surface area contributed by atoms with Gasteiger partial charge in [-0.3, -0.25) is 0 Å². The van der Waals surface area contributed by atoms with Crippen molar-refractivity contribution in [1.29, 1.82) is 0 Å². The van der Waals surface area contributed by atoms with Gasteiger partial charge in [0.1, 0.15) is 5.82 Å². The smallest absolute Gasteiger partial charge is 0.123 e. The van der Waals surface area contributed by atoms with E-state index in [1.54, 1.807) is 12.1 Å². The molecule has 0 fully saturated rings. The lowest BCUT2D eigenvalue weighted by atomic mass is 10.1. The summed E-state index contributed by atoms with van der Waals surface area (Å²) < 4.78 is 12.8. The molecule has 1 heteroatoms. The van der Waals surface area contributed by atoms with E-state index in [4.69, 9.17) is 0 Å². The van der Waals surface area contributed by atoms with Gasteiger partial charge in [0.15, 0.2) is 0 Å². The molecule has 0 aliphatic carbocycles. The fourth-order valence-corrected chi connectivity index (χ4v) is 1.55. The lowest BCUT2D eigenvalue weighted by molar-refractivity contribution is 0.615. The minimum absolute atomic E-state index is 0.146. The van der Waals surface area contributed by atoms with Gasteiger partial charge < -0.3 is 0 Å². The van der Waals surface area contributed by atoms with Crippen molar-refractivity contribution >= 4 is 0 Å². The Morgan fingerprint density at radius 1 is 1.21 bits per heavy atom. The van der Waals surface area contributed by atoms with E-state index in [0.717, 1.165) is 18.4 Å². The second-order valence-corrected chi connectivity index (χ2v) is 3.70. The fraction of sp³-hybridized carbons (Fsp3) is 0.538. The SMILES string of the molecule is CCCCCCCc1[c]ccc(F)c1. The number of hydrogen-bond donors (Lipinski definition) is 0. The van der Waals surface area contributed by atoms with Gasteiger partial charge >= 0.3 is 0 Å². The summed E-state index contributed by atoms with van der Waals surface area (Å²) in [6.45, 7) is 2.21. The molecule has 0 unspecified atom stereocenters. The highest BCUT2D eigenvalue weighted by molar-refractivity contribution is 5.14. The molecule has 0 aromatic heterocycles. The summed E-state index contributed by atoms with van der Waals surface area (Å²) in [6, 6.07) is 7.75. The molecule has 1 radical (unpaired) electrons. The molecule has 0 saturated carbocycles. The molecule has 0 saturated heterocycles. The van der Waals surface area contributed by atoms with E-state index < -0.39 is 0 Å². The quantitative estimate of drug-likeness (QED) is 0.596. The first-order valence-electron chi connectivity index (χ1n) is 5.49. The Balaban J connectivity index is 2.18. The maximum Gasteiger partial charge on any atom is 0.123 e. The average Bonchev–Trinajstić information content (AvgIpc) is 2.18. The standard InChI is InChI=1S/C13H18F/c1-2-3-4-5-6-8-12-9-7-10-13(14)11-12/h7,10-11H,2-6,8H2,1H3. The number of unbranched alkanes of at least 4 members (excludes halogenated alkanes) is 4. The molecule has 0 spiro atoms. The second kappa shape index (κ2) is 6.58. The first-order chi connectivity index (χ1) is 6.83. The van der Waals surface area contributed by atoms with Crippen LogP contribution in [0.4, 0.5) is 4.39 Å². The number of hydrogen-bond acceptors (Lipinski definition) is 0. The Hall–Kier alpha value is -0.850. The summed E-state index contributed by atoms with van der Waals surface area (Å²) in [5.41, 5.74) is 1.00. The third kappa shape index (κ3) is 4.40. The molecule has 1 aromatic rings. The van der Waals surface area contributed by atoms with Crippen molar-refractivity contribution in [3.63, 3.8) is 0 Å². The zero-order chi connectivity index (χ0) is 10.2. The Bertz CT molecular complexity index is 255. The number of halogens is 1. The van der Waals surface area contributed by atoms with Crippen LogP contribution in [0.25, 0.3) is 0 Å². The first-order valence-corrected chi connectivity index (χ1v) is 5.49. The molecule has 1 rings (SSSR count). The van der Waals surface area contributed by atoms with Crippen molar-refractivity contribution in [3.8, 4) is 0 Å². The van der Waals surface area contributed by atoms with Crippen molar-refractivity contribution in [1.82, 2.24) is 0 Å². The monoisotopic (exact) mass is 193 g/mol. The maximum absolute atomic E-state index is 12.8. The maximum atomic E-state index is 12.8. The van der Waals surface area contributed by atoms with E-state index in [1.807, 2.05) is 0 Å². The van der Waals surface area contributed by atoms with E-state index in [2.05, 4.69) is 13.0 Å². The highest BCUT2D eigenvalue weighted by atomic mass is 19.1. The third-order valence-corrected chi connectivity index (χ3v) is 2.37. The third-order valence-electron chi connectivity index (χ3n) is 2.37. The Labute approximate surface area is 86.2 Å².